The third kappa shape index (κ3) is 3.96. The molecule has 0 amide bonds. The predicted molar refractivity (Wildman–Crippen MR) is 124 cm³/mol. The zero-order chi connectivity index (χ0) is 24.7. The van der Waals surface area contributed by atoms with Crippen molar-refractivity contribution in [3.05, 3.63) is 66.2 Å². The lowest BCUT2D eigenvalue weighted by Crippen LogP contribution is -2.71. The monoisotopic (exact) mass is 492 g/mol. The number of esters is 1. The van der Waals surface area contributed by atoms with Gasteiger partial charge in [-0.05, 0) is 50.3 Å². The highest BCUT2D eigenvalue weighted by Crippen LogP contribution is 2.52. The fourth-order valence-corrected chi connectivity index (χ4v) is 4.85. The van der Waals surface area contributed by atoms with Gasteiger partial charge in [-0.1, -0.05) is 30.9 Å². The smallest absolute Gasteiger partial charge is 0.416 e. The highest BCUT2D eigenvalue weighted by molar-refractivity contribution is 7.80. The number of carbonyl (C=O) groups excluding carboxylic acids is 1. The van der Waals surface area contributed by atoms with E-state index in [0.717, 1.165) is 12.1 Å². The van der Waals surface area contributed by atoms with E-state index in [-0.39, 0.29) is 17.4 Å². The predicted octanol–water partition coefficient (Wildman–Crippen LogP) is 4.99. The van der Waals surface area contributed by atoms with Gasteiger partial charge in [0.15, 0.2) is 16.6 Å². The van der Waals surface area contributed by atoms with E-state index in [1.54, 1.807) is 25.1 Å². The molecule has 10 heteroatoms. The topological polar surface area (TPSA) is 60.0 Å². The lowest BCUT2D eigenvalue weighted by molar-refractivity contribution is -0.159. The van der Waals surface area contributed by atoms with Gasteiger partial charge >= 0.3 is 12.1 Å². The molecule has 0 radical (unpaired) electrons. The Bertz CT molecular complexity index is 1140. The van der Waals surface area contributed by atoms with Gasteiger partial charge in [0, 0.05) is 11.3 Å². The number of nitrogens with one attached hydrogen (secondary N) is 1. The van der Waals surface area contributed by atoms with E-state index in [9.17, 15) is 18.0 Å². The molecule has 34 heavy (non-hydrogen) atoms. The summed E-state index contributed by atoms with van der Waals surface area (Å²) >= 11 is 5.57. The largest absolute Gasteiger partial charge is 0.490 e. The number of fused-ring (bicyclic) bond motifs is 4. The summed E-state index contributed by atoms with van der Waals surface area (Å²) in [6.07, 6.45) is -3.13. The van der Waals surface area contributed by atoms with Gasteiger partial charge in [-0.25, -0.2) is 0 Å². The Morgan fingerprint density at radius 2 is 2.06 bits per heavy atom. The standard InChI is InChI=1S/C24H23F3N2O4S/c1-4-12-32-21(30)18-19-16-10-7-11-17(31-5-2)20(16)33-23(18,3)29(22(34)28-19)15-9-6-8-14(13-15)24(25,26)27/h4,6-11,13,18-19H,1,5,12H2,2-3H3,(H,28,34)/t18-,19-,23-/m0/s1. The maximum Gasteiger partial charge on any atom is 0.416 e. The molecule has 1 fully saturated rings. The molecule has 6 nitrogen and oxygen atoms in total. The number of hydrogen-bond donors (Lipinski definition) is 1. The van der Waals surface area contributed by atoms with E-state index < -0.39 is 35.4 Å². The zero-order valence-electron chi connectivity index (χ0n) is 18.5. The maximum atomic E-state index is 13.5. The summed E-state index contributed by atoms with van der Waals surface area (Å²) in [6.45, 7) is 7.34. The second kappa shape index (κ2) is 8.83. The first-order valence-electron chi connectivity index (χ1n) is 10.6. The van der Waals surface area contributed by atoms with Gasteiger partial charge in [0.1, 0.15) is 12.5 Å². The number of ether oxygens (including phenoxy) is 3. The molecular formula is C24H23F3N2O4S. The maximum absolute atomic E-state index is 13.5. The molecule has 180 valence electrons. The van der Waals surface area contributed by atoms with Crippen LogP contribution in [0.2, 0.25) is 0 Å². The van der Waals surface area contributed by atoms with E-state index in [0.29, 0.717) is 23.7 Å². The number of para-hydroxylation sites is 1. The fourth-order valence-electron chi connectivity index (χ4n) is 4.44. The number of nitrogens with zero attached hydrogens (tertiary/aromatic N) is 1. The van der Waals surface area contributed by atoms with E-state index in [1.165, 1.54) is 23.1 Å². The minimum absolute atomic E-state index is 0.0298. The van der Waals surface area contributed by atoms with Crippen molar-refractivity contribution >= 4 is 29.0 Å². The molecule has 0 spiro atoms. The Labute approximate surface area is 200 Å². The lowest BCUT2D eigenvalue weighted by Gasteiger charge is -2.55. The van der Waals surface area contributed by atoms with Crippen LogP contribution in [0.15, 0.2) is 55.1 Å². The van der Waals surface area contributed by atoms with Crippen molar-refractivity contribution in [2.24, 2.45) is 5.92 Å². The van der Waals surface area contributed by atoms with E-state index in [2.05, 4.69) is 11.9 Å². The molecule has 0 aliphatic carbocycles. The molecule has 0 aromatic heterocycles. The minimum atomic E-state index is -4.56. The Balaban J connectivity index is 1.89. The van der Waals surface area contributed by atoms with Crippen molar-refractivity contribution in [2.45, 2.75) is 31.8 Å². The van der Waals surface area contributed by atoms with Crippen LogP contribution >= 0.6 is 12.2 Å². The number of hydrogen-bond acceptors (Lipinski definition) is 5. The number of anilines is 1. The molecule has 0 saturated carbocycles. The summed E-state index contributed by atoms with van der Waals surface area (Å²) in [5.74, 6) is -0.741. The number of thiocarbonyl (C=S) groups is 1. The van der Waals surface area contributed by atoms with Crippen LogP contribution in [0.3, 0.4) is 0 Å². The number of benzene rings is 2. The summed E-state index contributed by atoms with van der Waals surface area (Å²) in [6, 6.07) is 9.33. The molecule has 3 atom stereocenters. The minimum Gasteiger partial charge on any atom is -0.490 e. The average molecular weight is 493 g/mol. The average Bonchev–Trinajstić information content (AvgIpc) is 2.77. The lowest BCUT2D eigenvalue weighted by atomic mass is 9.79. The molecule has 1 saturated heterocycles. The Morgan fingerprint density at radius 3 is 2.74 bits per heavy atom. The third-order valence-electron chi connectivity index (χ3n) is 5.82. The van der Waals surface area contributed by atoms with Crippen LogP contribution in [0.5, 0.6) is 11.5 Å². The van der Waals surface area contributed by atoms with Gasteiger partial charge in [-0.2, -0.15) is 13.2 Å². The summed E-state index contributed by atoms with van der Waals surface area (Å²) < 4.78 is 57.9. The summed E-state index contributed by atoms with van der Waals surface area (Å²) in [7, 11) is 0. The molecule has 0 unspecified atom stereocenters. The normalized spacial score (nSPS) is 23.3. The van der Waals surface area contributed by atoms with Crippen LogP contribution in [0.4, 0.5) is 18.9 Å². The Morgan fingerprint density at radius 1 is 1.32 bits per heavy atom. The highest BCUT2D eigenvalue weighted by atomic mass is 32.1. The van der Waals surface area contributed by atoms with Crippen molar-refractivity contribution in [3.63, 3.8) is 0 Å². The number of alkyl halides is 3. The summed E-state index contributed by atoms with van der Waals surface area (Å²) in [4.78, 5) is 14.6. The highest BCUT2D eigenvalue weighted by Gasteiger charge is 2.60. The first kappa shape index (κ1) is 23.9. The third-order valence-corrected chi connectivity index (χ3v) is 6.12. The molecule has 4 rings (SSSR count). The zero-order valence-corrected chi connectivity index (χ0v) is 19.3. The van der Waals surface area contributed by atoms with Crippen molar-refractivity contribution < 1.29 is 32.2 Å². The number of halogens is 3. The fraction of sp³-hybridized carbons (Fsp3) is 0.333. The number of carbonyl (C=O) groups is 1. The van der Waals surface area contributed by atoms with Crippen molar-refractivity contribution in [3.8, 4) is 11.5 Å². The number of rotatable bonds is 6. The van der Waals surface area contributed by atoms with Gasteiger partial charge in [-0.3, -0.25) is 9.69 Å². The van der Waals surface area contributed by atoms with E-state index in [4.69, 9.17) is 26.4 Å². The van der Waals surface area contributed by atoms with Crippen LogP contribution in [-0.4, -0.2) is 30.0 Å². The van der Waals surface area contributed by atoms with Crippen LogP contribution in [-0.2, 0) is 15.7 Å². The van der Waals surface area contributed by atoms with E-state index >= 15 is 0 Å². The molecular weight excluding hydrogens is 469 g/mol. The van der Waals surface area contributed by atoms with Gasteiger partial charge in [-0.15, -0.1) is 0 Å². The van der Waals surface area contributed by atoms with Crippen LogP contribution in [0.1, 0.15) is 31.0 Å². The SMILES string of the molecule is C=CCOC(=O)[C@@H]1[C@H]2NC(=S)N(c3cccc(C(F)(F)F)c3)[C@@]1(C)Oc1c(OCC)cccc12. The Kier molecular flexibility index (Phi) is 6.20. The van der Waals surface area contributed by atoms with Crippen LogP contribution in [0, 0.1) is 5.92 Å². The molecule has 2 bridgehead atoms. The molecule has 2 heterocycles. The summed E-state index contributed by atoms with van der Waals surface area (Å²) in [5.41, 5.74) is -1.62. The Hall–Kier alpha value is -3.27. The molecule has 2 aromatic carbocycles. The van der Waals surface area contributed by atoms with Gasteiger partial charge < -0.3 is 19.5 Å². The summed E-state index contributed by atoms with van der Waals surface area (Å²) in [5, 5.41) is 3.24. The van der Waals surface area contributed by atoms with Gasteiger partial charge in [0.25, 0.3) is 0 Å². The van der Waals surface area contributed by atoms with Crippen LogP contribution < -0.4 is 19.7 Å². The first-order chi connectivity index (χ1) is 16.1. The quantitative estimate of drug-likeness (QED) is 0.346. The van der Waals surface area contributed by atoms with Crippen molar-refractivity contribution in [1.29, 1.82) is 0 Å². The second-order valence-corrected chi connectivity index (χ2v) is 8.36. The van der Waals surface area contributed by atoms with Crippen molar-refractivity contribution in [1.82, 2.24) is 5.32 Å². The molecule has 2 aromatic rings. The van der Waals surface area contributed by atoms with Crippen molar-refractivity contribution in [2.75, 3.05) is 18.1 Å². The van der Waals surface area contributed by atoms with Gasteiger partial charge in [0.2, 0.25) is 5.72 Å². The van der Waals surface area contributed by atoms with Gasteiger partial charge in [0.05, 0.1) is 18.2 Å². The molecule has 1 N–H and O–H groups in total. The second-order valence-electron chi connectivity index (χ2n) is 7.97. The molecule has 2 aliphatic heterocycles. The van der Waals surface area contributed by atoms with E-state index in [1.807, 2.05) is 6.92 Å². The van der Waals surface area contributed by atoms with Crippen LogP contribution in [0.25, 0.3) is 0 Å². The first-order valence-corrected chi connectivity index (χ1v) is 11.0. The molecule has 2 aliphatic rings.